The molecule has 0 amide bonds. The molecule has 0 aromatic carbocycles. The summed E-state index contributed by atoms with van der Waals surface area (Å²) in [5, 5.41) is 17.9. The van der Waals surface area contributed by atoms with E-state index in [2.05, 4.69) is 0 Å². The molecule has 0 spiro atoms. The summed E-state index contributed by atoms with van der Waals surface area (Å²) in [6, 6.07) is 0. The van der Waals surface area contributed by atoms with Gasteiger partial charge in [0, 0.05) is 0 Å². The molecule has 4 heteroatoms. The van der Waals surface area contributed by atoms with Crippen molar-refractivity contribution in [3.05, 3.63) is 0 Å². The van der Waals surface area contributed by atoms with Gasteiger partial charge in [0.25, 0.3) is 0 Å². The van der Waals surface area contributed by atoms with Crippen molar-refractivity contribution in [2.24, 2.45) is 0 Å². The van der Waals surface area contributed by atoms with Crippen LogP contribution in [0.1, 0.15) is 13.8 Å². The van der Waals surface area contributed by atoms with Gasteiger partial charge in [0.1, 0.15) is 0 Å². The Kier molecular flexibility index (Phi) is 102. The first-order chi connectivity index (χ1) is 2.83. The van der Waals surface area contributed by atoms with Crippen LogP contribution in [-0.2, 0) is 0 Å². The smallest absolute Gasteiger partial charge is 0.855 e. The van der Waals surface area contributed by atoms with Gasteiger partial charge in [-0.2, -0.15) is 0 Å². The van der Waals surface area contributed by atoms with Crippen molar-refractivity contribution in [1.29, 1.82) is 0 Å². The van der Waals surface area contributed by atoms with Crippen molar-refractivity contribution in [2.75, 3.05) is 13.2 Å². The Morgan fingerprint density at radius 1 is 1.00 bits per heavy atom. The number of hydrogen-bond acceptors (Lipinski definition) is 2. The Labute approximate surface area is 96.8 Å². The molecule has 0 fully saturated rings. The summed E-state index contributed by atoms with van der Waals surface area (Å²) < 4.78 is 0. The van der Waals surface area contributed by atoms with Crippen LogP contribution in [0.3, 0.4) is 0 Å². The van der Waals surface area contributed by atoms with Crippen molar-refractivity contribution >= 4 is 60.8 Å². The average Bonchev–Trinajstić information content (AvgIpc) is 1.39. The zero-order valence-electron chi connectivity index (χ0n) is 4.94. The molecular weight excluding hydrogens is 144 g/mol. The van der Waals surface area contributed by atoms with E-state index in [-0.39, 0.29) is 74.0 Å². The van der Waals surface area contributed by atoms with E-state index in [9.17, 15) is 0 Å². The first-order valence-corrected chi connectivity index (χ1v) is 1.99. The van der Waals surface area contributed by atoms with E-state index in [0.717, 1.165) is 0 Å². The topological polar surface area (TPSA) is 46.1 Å². The molecule has 0 atom stereocenters. The standard InChI is InChI=1S/2C2H5O.Ca.Mg.2H/c2*1-2-3;;;;/h2*2H2,1H3;;;;/q2*-1;+2;;;. The largest absolute Gasteiger partial charge is 2.00 e. The molecule has 0 radical (unpaired) electrons. The Balaban J connectivity index is -0.0000000160. The molecule has 0 aliphatic rings. The third-order valence-electron chi connectivity index (χ3n) is 0. The fraction of sp³-hybridized carbons (Fsp3) is 1.00. The van der Waals surface area contributed by atoms with E-state index in [1.807, 2.05) is 0 Å². The Morgan fingerprint density at radius 2 is 1.00 bits per heavy atom. The second kappa shape index (κ2) is 36.3. The molecule has 0 saturated carbocycles. The maximum absolute atomic E-state index is 8.93. The summed E-state index contributed by atoms with van der Waals surface area (Å²) in [7, 11) is 0. The van der Waals surface area contributed by atoms with E-state index in [0.29, 0.717) is 0 Å². The summed E-state index contributed by atoms with van der Waals surface area (Å²) in [6.07, 6.45) is 0. The quantitative estimate of drug-likeness (QED) is 0.362. The van der Waals surface area contributed by atoms with Crippen LogP contribution in [0.25, 0.3) is 0 Å². The van der Waals surface area contributed by atoms with Crippen LogP contribution < -0.4 is 10.2 Å². The third-order valence-corrected chi connectivity index (χ3v) is 0. The molecule has 0 aromatic heterocycles. The summed E-state index contributed by atoms with van der Waals surface area (Å²) >= 11 is 0. The molecule has 0 aromatic rings. The van der Waals surface area contributed by atoms with Crippen molar-refractivity contribution < 1.29 is 10.2 Å². The minimum Gasteiger partial charge on any atom is -0.855 e. The zero-order valence-corrected chi connectivity index (χ0v) is 7.15. The van der Waals surface area contributed by atoms with Crippen molar-refractivity contribution in [3.8, 4) is 0 Å². The van der Waals surface area contributed by atoms with Crippen LogP contribution in [0.15, 0.2) is 0 Å². The van der Waals surface area contributed by atoms with Gasteiger partial charge in [0.15, 0.2) is 0 Å². The molecule has 0 rings (SSSR count). The molecule has 0 aliphatic heterocycles. The van der Waals surface area contributed by atoms with E-state index in [1.54, 1.807) is 13.8 Å². The monoisotopic (exact) mass is 156 g/mol. The Hall–Kier alpha value is 1.95. The maximum atomic E-state index is 8.93. The van der Waals surface area contributed by atoms with Crippen LogP contribution in [-0.4, -0.2) is 74.0 Å². The van der Waals surface area contributed by atoms with Crippen molar-refractivity contribution in [2.45, 2.75) is 13.8 Å². The van der Waals surface area contributed by atoms with E-state index < -0.39 is 0 Å². The third kappa shape index (κ3) is 101. The van der Waals surface area contributed by atoms with Gasteiger partial charge in [0.2, 0.25) is 0 Å². The minimum atomic E-state index is 0. The number of rotatable bonds is 0. The SMILES string of the molecule is CC[O-].CC[O-].[Ca+2].[MgH2]. The molecule has 0 unspecified atom stereocenters. The van der Waals surface area contributed by atoms with Crippen LogP contribution in [0.2, 0.25) is 0 Å². The molecule has 0 N–H and O–H groups in total. The van der Waals surface area contributed by atoms with Crippen molar-refractivity contribution in [3.63, 3.8) is 0 Å². The Bertz CT molecular complexity index is 16.0. The average molecular weight is 157 g/mol. The summed E-state index contributed by atoms with van der Waals surface area (Å²) in [5.41, 5.74) is 0. The van der Waals surface area contributed by atoms with Crippen LogP contribution in [0.5, 0.6) is 0 Å². The van der Waals surface area contributed by atoms with E-state index in [4.69, 9.17) is 10.2 Å². The molecular formula is C4H12CaMgO2. The van der Waals surface area contributed by atoms with E-state index >= 15 is 0 Å². The fourth-order valence-corrected chi connectivity index (χ4v) is 0. The van der Waals surface area contributed by atoms with Gasteiger partial charge in [0.05, 0.1) is 0 Å². The second-order valence-electron chi connectivity index (χ2n) is 0.577. The van der Waals surface area contributed by atoms with Crippen LogP contribution in [0.4, 0.5) is 0 Å². The molecule has 0 aliphatic carbocycles. The normalized spacial score (nSPS) is 4.50. The molecule has 0 heterocycles. The summed E-state index contributed by atoms with van der Waals surface area (Å²) in [5.74, 6) is 0. The van der Waals surface area contributed by atoms with Gasteiger partial charge >= 0.3 is 60.8 Å². The first kappa shape index (κ1) is 22.5. The summed E-state index contributed by atoms with van der Waals surface area (Å²) in [4.78, 5) is 0. The Morgan fingerprint density at radius 3 is 1.00 bits per heavy atom. The van der Waals surface area contributed by atoms with Gasteiger partial charge in [-0.3, -0.25) is 0 Å². The predicted molar refractivity (Wildman–Crippen MR) is 35.4 cm³/mol. The zero-order chi connectivity index (χ0) is 5.41. The molecule has 2 nitrogen and oxygen atoms in total. The predicted octanol–water partition coefficient (Wildman–Crippen LogP) is -2.56. The first-order valence-electron chi connectivity index (χ1n) is 1.99. The molecule has 0 bridgehead atoms. The molecule has 44 valence electrons. The number of hydrogen-bond donors (Lipinski definition) is 0. The fourth-order valence-electron chi connectivity index (χ4n) is 0. The summed E-state index contributed by atoms with van der Waals surface area (Å²) in [6.45, 7) is 3.14. The van der Waals surface area contributed by atoms with Gasteiger partial charge < -0.3 is 10.2 Å². The van der Waals surface area contributed by atoms with Gasteiger partial charge in [-0.15, -0.1) is 13.2 Å². The minimum absolute atomic E-state index is 0. The van der Waals surface area contributed by atoms with E-state index in [1.165, 1.54) is 0 Å². The van der Waals surface area contributed by atoms with Gasteiger partial charge in [-0.25, -0.2) is 0 Å². The van der Waals surface area contributed by atoms with Crippen LogP contribution in [0, 0.1) is 0 Å². The van der Waals surface area contributed by atoms with Gasteiger partial charge in [-0.05, 0) is 0 Å². The van der Waals surface area contributed by atoms with Crippen LogP contribution >= 0.6 is 0 Å². The molecule has 8 heavy (non-hydrogen) atoms. The van der Waals surface area contributed by atoms with Gasteiger partial charge in [-0.1, -0.05) is 13.8 Å². The second-order valence-corrected chi connectivity index (χ2v) is 0.577. The van der Waals surface area contributed by atoms with Crippen molar-refractivity contribution in [1.82, 2.24) is 0 Å². The molecule has 0 saturated heterocycles. The maximum Gasteiger partial charge on any atom is 2.00 e.